The minimum Gasteiger partial charge on any atom is -0.322 e. The highest BCUT2D eigenvalue weighted by Gasteiger charge is 2.22. The van der Waals surface area contributed by atoms with Crippen LogP contribution in [0, 0.1) is 5.82 Å². The highest BCUT2D eigenvalue weighted by Crippen LogP contribution is 2.23. The summed E-state index contributed by atoms with van der Waals surface area (Å²) in [4.78, 5) is 16.1. The molecule has 0 aliphatic carbocycles. The average Bonchev–Trinajstić information content (AvgIpc) is 2.58. The number of nitrogens with zero attached hydrogens (tertiary/aromatic N) is 1. The first-order chi connectivity index (χ1) is 9.65. The molecule has 4 nitrogen and oxygen atoms in total. The SMILES string of the molecule is N[C@H]1N=C(c2ccc(F)cc2)c2ccccc2NC1=O. The van der Waals surface area contributed by atoms with Crippen molar-refractivity contribution in [3.8, 4) is 0 Å². The number of nitrogens with one attached hydrogen (secondary N) is 1. The lowest BCUT2D eigenvalue weighted by atomic mass is 10.0. The zero-order valence-electron chi connectivity index (χ0n) is 10.5. The number of rotatable bonds is 1. The molecule has 0 aromatic heterocycles. The van der Waals surface area contributed by atoms with E-state index in [9.17, 15) is 9.18 Å². The zero-order chi connectivity index (χ0) is 14.1. The molecule has 1 aliphatic rings. The molecule has 100 valence electrons. The summed E-state index contributed by atoms with van der Waals surface area (Å²) in [5.74, 6) is -0.690. The quantitative estimate of drug-likeness (QED) is 0.830. The lowest BCUT2D eigenvalue weighted by Gasteiger charge is -2.09. The van der Waals surface area contributed by atoms with Crippen LogP contribution in [0.25, 0.3) is 0 Å². The van der Waals surface area contributed by atoms with E-state index in [1.54, 1.807) is 18.2 Å². The third kappa shape index (κ3) is 2.19. The Morgan fingerprint density at radius 1 is 1.10 bits per heavy atom. The second kappa shape index (κ2) is 4.86. The number of anilines is 1. The summed E-state index contributed by atoms with van der Waals surface area (Å²) in [5.41, 5.74) is 8.44. The second-order valence-corrected chi connectivity index (χ2v) is 4.46. The molecule has 0 spiro atoms. The molecular formula is C15H12FN3O. The fraction of sp³-hybridized carbons (Fsp3) is 0.0667. The fourth-order valence-corrected chi connectivity index (χ4v) is 2.11. The lowest BCUT2D eigenvalue weighted by molar-refractivity contribution is -0.117. The van der Waals surface area contributed by atoms with Crippen molar-refractivity contribution in [2.24, 2.45) is 10.7 Å². The number of fused-ring (bicyclic) bond motifs is 1. The van der Waals surface area contributed by atoms with Gasteiger partial charge in [-0.15, -0.1) is 0 Å². The van der Waals surface area contributed by atoms with Gasteiger partial charge in [0.15, 0.2) is 6.17 Å². The normalized spacial score (nSPS) is 17.8. The monoisotopic (exact) mass is 269 g/mol. The molecular weight excluding hydrogens is 257 g/mol. The molecule has 0 radical (unpaired) electrons. The van der Waals surface area contributed by atoms with E-state index >= 15 is 0 Å². The predicted molar refractivity (Wildman–Crippen MR) is 75.1 cm³/mol. The molecule has 0 unspecified atom stereocenters. The van der Waals surface area contributed by atoms with E-state index in [2.05, 4.69) is 10.3 Å². The summed E-state index contributed by atoms with van der Waals surface area (Å²) < 4.78 is 13.0. The maximum absolute atomic E-state index is 13.0. The van der Waals surface area contributed by atoms with Crippen molar-refractivity contribution >= 4 is 17.3 Å². The molecule has 3 rings (SSSR count). The molecule has 0 bridgehead atoms. The molecule has 3 N–H and O–H groups in total. The van der Waals surface area contributed by atoms with Gasteiger partial charge in [-0.05, 0) is 30.3 Å². The molecule has 0 fully saturated rings. The van der Waals surface area contributed by atoms with E-state index in [0.717, 1.165) is 5.56 Å². The number of hydrogen-bond acceptors (Lipinski definition) is 3. The van der Waals surface area contributed by atoms with E-state index in [1.165, 1.54) is 12.1 Å². The first-order valence-electron chi connectivity index (χ1n) is 6.15. The van der Waals surface area contributed by atoms with Crippen molar-refractivity contribution < 1.29 is 9.18 Å². The Morgan fingerprint density at radius 3 is 2.55 bits per heavy atom. The van der Waals surface area contributed by atoms with E-state index < -0.39 is 6.17 Å². The van der Waals surface area contributed by atoms with Crippen LogP contribution in [0.2, 0.25) is 0 Å². The van der Waals surface area contributed by atoms with Gasteiger partial charge < -0.3 is 11.1 Å². The van der Waals surface area contributed by atoms with Crippen molar-refractivity contribution in [2.75, 3.05) is 5.32 Å². The van der Waals surface area contributed by atoms with Crippen molar-refractivity contribution in [3.63, 3.8) is 0 Å². The Morgan fingerprint density at radius 2 is 1.80 bits per heavy atom. The van der Waals surface area contributed by atoms with Crippen LogP contribution in [-0.2, 0) is 4.79 Å². The Hall–Kier alpha value is -2.53. The van der Waals surface area contributed by atoms with Crippen LogP contribution in [0.15, 0.2) is 53.5 Å². The van der Waals surface area contributed by atoms with E-state index in [0.29, 0.717) is 17.0 Å². The number of para-hydroxylation sites is 1. The van der Waals surface area contributed by atoms with Gasteiger partial charge in [-0.25, -0.2) is 4.39 Å². The summed E-state index contributed by atoms with van der Waals surface area (Å²) in [7, 11) is 0. The van der Waals surface area contributed by atoms with Crippen molar-refractivity contribution in [2.45, 2.75) is 6.17 Å². The summed E-state index contributed by atoms with van der Waals surface area (Å²) in [6.45, 7) is 0. The van der Waals surface area contributed by atoms with Gasteiger partial charge in [0.1, 0.15) is 5.82 Å². The van der Waals surface area contributed by atoms with Gasteiger partial charge in [-0.2, -0.15) is 0 Å². The second-order valence-electron chi connectivity index (χ2n) is 4.46. The summed E-state index contributed by atoms with van der Waals surface area (Å²) >= 11 is 0. The Bertz CT molecular complexity index is 695. The Labute approximate surface area is 115 Å². The Balaban J connectivity index is 2.18. The van der Waals surface area contributed by atoms with Crippen LogP contribution in [0.1, 0.15) is 11.1 Å². The smallest absolute Gasteiger partial charge is 0.263 e. The fourth-order valence-electron chi connectivity index (χ4n) is 2.11. The van der Waals surface area contributed by atoms with Crippen LogP contribution in [0.5, 0.6) is 0 Å². The van der Waals surface area contributed by atoms with Crippen molar-refractivity contribution in [1.82, 2.24) is 0 Å². The molecule has 2 aromatic rings. The standard InChI is InChI=1S/C15H12FN3O/c16-10-7-5-9(6-8-10)13-11-3-1-2-4-12(11)18-15(20)14(17)19-13/h1-8,14H,17H2,(H,18,20)/t14-/m0/s1. The largest absolute Gasteiger partial charge is 0.322 e. The van der Waals surface area contributed by atoms with E-state index in [4.69, 9.17) is 5.73 Å². The zero-order valence-corrected chi connectivity index (χ0v) is 10.5. The summed E-state index contributed by atoms with van der Waals surface area (Å²) in [5, 5.41) is 2.73. The summed E-state index contributed by atoms with van der Waals surface area (Å²) in [6, 6.07) is 13.2. The molecule has 0 saturated carbocycles. The van der Waals surface area contributed by atoms with Crippen molar-refractivity contribution in [3.05, 3.63) is 65.5 Å². The number of carbonyl (C=O) groups is 1. The molecule has 0 saturated heterocycles. The van der Waals surface area contributed by atoms with Crippen LogP contribution in [-0.4, -0.2) is 17.8 Å². The third-order valence-corrected chi connectivity index (χ3v) is 3.09. The third-order valence-electron chi connectivity index (χ3n) is 3.09. The maximum Gasteiger partial charge on any atom is 0.263 e. The van der Waals surface area contributed by atoms with Crippen LogP contribution in [0.3, 0.4) is 0 Å². The minimum absolute atomic E-state index is 0.324. The molecule has 1 amide bonds. The highest BCUT2D eigenvalue weighted by molar-refractivity contribution is 6.19. The number of halogens is 1. The molecule has 2 aromatic carbocycles. The van der Waals surface area contributed by atoms with Gasteiger partial charge in [0.25, 0.3) is 5.91 Å². The van der Waals surface area contributed by atoms with Crippen LogP contribution in [0.4, 0.5) is 10.1 Å². The van der Waals surface area contributed by atoms with Gasteiger partial charge in [-0.1, -0.05) is 18.2 Å². The van der Waals surface area contributed by atoms with Crippen molar-refractivity contribution in [1.29, 1.82) is 0 Å². The van der Waals surface area contributed by atoms with Crippen LogP contribution >= 0.6 is 0 Å². The predicted octanol–water partition coefficient (Wildman–Crippen LogP) is 1.90. The van der Waals surface area contributed by atoms with Gasteiger partial charge in [0, 0.05) is 11.1 Å². The van der Waals surface area contributed by atoms with Gasteiger partial charge in [0.05, 0.1) is 11.4 Å². The number of aliphatic imine (C=N–C) groups is 1. The summed E-state index contributed by atoms with van der Waals surface area (Å²) in [6.07, 6.45) is -0.984. The Kier molecular flexibility index (Phi) is 3.04. The van der Waals surface area contributed by atoms with Gasteiger partial charge in [0.2, 0.25) is 0 Å². The van der Waals surface area contributed by atoms with E-state index in [1.807, 2.05) is 18.2 Å². The maximum atomic E-state index is 13.0. The first kappa shape index (κ1) is 12.5. The molecule has 1 atom stereocenters. The lowest BCUT2D eigenvalue weighted by Crippen LogP contribution is -2.33. The van der Waals surface area contributed by atoms with Gasteiger partial charge >= 0.3 is 0 Å². The van der Waals surface area contributed by atoms with Gasteiger partial charge in [-0.3, -0.25) is 9.79 Å². The number of nitrogens with two attached hydrogens (primary N) is 1. The minimum atomic E-state index is -0.984. The number of hydrogen-bond donors (Lipinski definition) is 2. The number of carbonyl (C=O) groups excluding carboxylic acids is 1. The molecule has 20 heavy (non-hydrogen) atoms. The first-order valence-corrected chi connectivity index (χ1v) is 6.15. The molecule has 5 heteroatoms. The number of benzodiazepines with no additional fused rings is 1. The highest BCUT2D eigenvalue weighted by atomic mass is 19.1. The molecule has 1 heterocycles. The topological polar surface area (TPSA) is 67.5 Å². The average molecular weight is 269 g/mol. The number of benzene rings is 2. The van der Waals surface area contributed by atoms with Crippen LogP contribution < -0.4 is 11.1 Å². The molecule has 1 aliphatic heterocycles. The van der Waals surface area contributed by atoms with E-state index in [-0.39, 0.29) is 11.7 Å². The number of amides is 1.